The molecule has 0 bridgehead atoms. The Morgan fingerprint density at radius 3 is 2.84 bits per heavy atom. The van der Waals surface area contributed by atoms with Gasteiger partial charge in [0.15, 0.2) is 0 Å². The first kappa shape index (κ1) is 21.7. The number of pyridine rings is 1. The lowest BCUT2D eigenvalue weighted by Gasteiger charge is -2.10. The first-order valence-corrected chi connectivity index (χ1v) is 10.1. The summed E-state index contributed by atoms with van der Waals surface area (Å²) in [4.78, 5) is 17.0. The highest BCUT2D eigenvalue weighted by atomic mass is 19.1. The SMILES string of the molecule is COCC(O)CNC(=O)c1cn(Cc2ccc(-c3cnn(C)c3)cc2F)c2cccnc12. The van der Waals surface area contributed by atoms with Crippen molar-refractivity contribution in [1.29, 1.82) is 0 Å². The number of aliphatic hydroxyl groups excluding tert-OH is 1. The molecule has 0 radical (unpaired) electrons. The van der Waals surface area contributed by atoms with Crippen molar-refractivity contribution in [2.45, 2.75) is 12.6 Å². The molecule has 1 atom stereocenters. The van der Waals surface area contributed by atoms with Gasteiger partial charge < -0.3 is 19.7 Å². The van der Waals surface area contributed by atoms with Gasteiger partial charge in [-0.25, -0.2) is 4.39 Å². The summed E-state index contributed by atoms with van der Waals surface area (Å²) in [6, 6.07) is 8.68. The summed E-state index contributed by atoms with van der Waals surface area (Å²) in [5.41, 5.74) is 3.65. The van der Waals surface area contributed by atoms with Crippen LogP contribution in [0.2, 0.25) is 0 Å². The number of aromatic nitrogens is 4. The molecule has 9 heteroatoms. The molecular formula is C23H24FN5O3. The van der Waals surface area contributed by atoms with Crippen molar-refractivity contribution in [1.82, 2.24) is 24.6 Å². The molecule has 0 spiro atoms. The number of nitrogens with zero attached hydrogens (tertiary/aromatic N) is 4. The van der Waals surface area contributed by atoms with Crippen molar-refractivity contribution in [3.63, 3.8) is 0 Å². The molecule has 8 nitrogen and oxygen atoms in total. The summed E-state index contributed by atoms with van der Waals surface area (Å²) in [5, 5.41) is 16.6. The van der Waals surface area contributed by atoms with E-state index in [1.165, 1.54) is 13.2 Å². The van der Waals surface area contributed by atoms with E-state index >= 15 is 0 Å². The second-order valence-electron chi connectivity index (χ2n) is 7.57. The molecule has 2 N–H and O–H groups in total. The number of carbonyl (C=O) groups excluding carboxylic acids is 1. The van der Waals surface area contributed by atoms with Crippen LogP contribution in [-0.2, 0) is 18.3 Å². The van der Waals surface area contributed by atoms with E-state index in [1.807, 2.05) is 25.4 Å². The number of benzene rings is 1. The number of nitrogens with one attached hydrogen (secondary N) is 1. The largest absolute Gasteiger partial charge is 0.389 e. The first-order valence-electron chi connectivity index (χ1n) is 10.1. The van der Waals surface area contributed by atoms with Crippen LogP contribution in [0.15, 0.2) is 55.1 Å². The maximum absolute atomic E-state index is 14.9. The molecule has 32 heavy (non-hydrogen) atoms. The van der Waals surface area contributed by atoms with Gasteiger partial charge in [-0.1, -0.05) is 12.1 Å². The molecule has 0 saturated heterocycles. The molecule has 0 aliphatic heterocycles. The third-order valence-corrected chi connectivity index (χ3v) is 5.17. The Labute approximate surface area is 184 Å². The summed E-state index contributed by atoms with van der Waals surface area (Å²) >= 11 is 0. The second kappa shape index (κ2) is 9.29. The van der Waals surface area contributed by atoms with Gasteiger partial charge in [0.25, 0.3) is 5.91 Å². The fraction of sp³-hybridized carbons (Fsp3) is 0.261. The Hall–Kier alpha value is -3.56. The van der Waals surface area contributed by atoms with Gasteiger partial charge in [0.2, 0.25) is 0 Å². The van der Waals surface area contributed by atoms with Crippen LogP contribution in [0.1, 0.15) is 15.9 Å². The number of hydrogen-bond donors (Lipinski definition) is 2. The van der Waals surface area contributed by atoms with Crippen LogP contribution in [-0.4, -0.2) is 56.7 Å². The number of amides is 1. The van der Waals surface area contributed by atoms with Crippen molar-refractivity contribution in [2.75, 3.05) is 20.3 Å². The van der Waals surface area contributed by atoms with E-state index in [-0.39, 0.29) is 31.4 Å². The van der Waals surface area contributed by atoms with E-state index in [4.69, 9.17) is 4.74 Å². The lowest BCUT2D eigenvalue weighted by Crippen LogP contribution is -2.34. The minimum absolute atomic E-state index is 0.0522. The van der Waals surface area contributed by atoms with Crippen molar-refractivity contribution in [3.8, 4) is 11.1 Å². The van der Waals surface area contributed by atoms with Crippen LogP contribution >= 0.6 is 0 Å². The molecule has 0 aliphatic rings. The minimum Gasteiger partial charge on any atom is -0.389 e. The topological polar surface area (TPSA) is 94.2 Å². The van der Waals surface area contributed by atoms with Crippen LogP contribution in [0, 0.1) is 5.82 Å². The van der Waals surface area contributed by atoms with Gasteiger partial charge in [-0.15, -0.1) is 0 Å². The van der Waals surface area contributed by atoms with Gasteiger partial charge in [0.1, 0.15) is 11.3 Å². The number of aryl methyl sites for hydroxylation is 1. The summed E-state index contributed by atoms with van der Waals surface area (Å²) < 4.78 is 23.2. The summed E-state index contributed by atoms with van der Waals surface area (Å²) in [6.45, 7) is 0.409. The van der Waals surface area contributed by atoms with Crippen LogP contribution in [0.5, 0.6) is 0 Å². The van der Waals surface area contributed by atoms with Crippen molar-refractivity contribution < 1.29 is 19.0 Å². The molecular weight excluding hydrogens is 413 g/mol. The molecule has 1 unspecified atom stereocenters. The predicted octanol–water partition coefficient (Wildman–Crippen LogP) is 2.36. The third kappa shape index (κ3) is 4.53. The second-order valence-corrected chi connectivity index (χ2v) is 7.57. The number of ether oxygens (including phenoxy) is 1. The smallest absolute Gasteiger partial charge is 0.255 e. The summed E-state index contributed by atoms with van der Waals surface area (Å²) in [6.07, 6.45) is 5.97. The molecule has 0 saturated carbocycles. The normalized spacial score (nSPS) is 12.2. The Morgan fingerprint density at radius 1 is 1.28 bits per heavy atom. The van der Waals surface area contributed by atoms with Gasteiger partial charge in [-0.05, 0) is 23.8 Å². The fourth-order valence-electron chi connectivity index (χ4n) is 3.59. The van der Waals surface area contributed by atoms with Crippen LogP contribution in [0.3, 0.4) is 0 Å². The first-order chi connectivity index (χ1) is 15.5. The van der Waals surface area contributed by atoms with Crippen molar-refractivity contribution in [2.24, 2.45) is 7.05 Å². The number of halogens is 1. The Bertz CT molecular complexity index is 1250. The van der Waals surface area contributed by atoms with E-state index in [0.29, 0.717) is 22.2 Å². The zero-order chi connectivity index (χ0) is 22.7. The molecule has 4 rings (SSSR count). The van der Waals surface area contributed by atoms with Crippen LogP contribution < -0.4 is 5.32 Å². The average Bonchev–Trinajstić information content (AvgIpc) is 3.38. The standard InChI is InChI=1S/C23H24FN5O3/c1-28-11-17(9-27-28)15-5-6-16(20(24)8-15)12-29-13-19(22-21(29)4-3-7-25-22)23(31)26-10-18(30)14-32-2/h3-9,11,13,18,30H,10,12,14H2,1-2H3,(H,26,31). The molecule has 0 fully saturated rings. The number of carbonyl (C=O) groups is 1. The van der Waals surface area contributed by atoms with Gasteiger partial charge in [0.05, 0.1) is 36.5 Å². The predicted molar refractivity (Wildman–Crippen MR) is 118 cm³/mol. The maximum atomic E-state index is 14.9. The van der Waals surface area contributed by atoms with Crippen molar-refractivity contribution >= 4 is 16.9 Å². The quantitative estimate of drug-likeness (QED) is 0.441. The van der Waals surface area contributed by atoms with E-state index < -0.39 is 6.10 Å². The average molecular weight is 437 g/mol. The van der Waals surface area contributed by atoms with Crippen LogP contribution in [0.25, 0.3) is 22.2 Å². The Balaban J connectivity index is 1.59. The number of hydrogen-bond acceptors (Lipinski definition) is 5. The van der Waals surface area contributed by atoms with Crippen LogP contribution in [0.4, 0.5) is 4.39 Å². The monoisotopic (exact) mass is 437 g/mol. The number of fused-ring (bicyclic) bond motifs is 1. The fourth-order valence-corrected chi connectivity index (χ4v) is 3.59. The summed E-state index contributed by atoms with van der Waals surface area (Å²) in [7, 11) is 3.29. The molecule has 3 heterocycles. The summed E-state index contributed by atoms with van der Waals surface area (Å²) in [5.74, 6) is -0.708. The number of aliphatic hydroxyl groups is 1. The Morgan fingerprint density at radius 2 is 2.12 bits per heavy atom. The van der Waals surface area contributed by atoms with Gasteiger partial charge in [0, 0.05) is 50.4 Å². The Kier molecular flexibility index (Phi) is 6.29. The van der Waals surface area contributed by atoms with E-state index in [1.54, 1.807) is 40.0 Å². The zero-order valence-corrected chi connectivity index (χ0v) is 17.8. The van der Waals surface area contributed by atoms with Gasteiger partial charge in [-0.3, -0.25) is 14.5 Å². The van der Waals surface area contributed by atoms with Gasteiger partial charge in [-0.2, -0.15) is 5.10 Å². The van der Waals surface area contributed by atoms with E-state index in [9.17, 15) is 14.3 Å². The number of methoxy groups -OCH3 is 1. The molecule has 1 amide bonds. The highest BCUT2D eigenvalue weighted by Gasteiger charge is 2.18. The minimum atomic E-state index is -0.808. The molecule has 3 aromatic heterocycles. The van der Waals surface area contributed by atoms with E-state index in [2.05, 4.69) is 15.4 Å². The zero-order valence-electron chi connectivity index (χ0n) is 17.8. The van der Waals surface area contributed by atoms with Crippen molar-refractivity contribution in [3.05, 3.63) is 72.1 Å². The molecule has 1 aromatic carbocycles. The molecule has 0 aliphatic carbocycles. The maximum Gasteiger partial charge on any atom is 0.255 e. The lowest BCUT2D eigenvalue weighted by atomic mass is 10.1. The van der Waals surface area contributed by atoms with E-state index in [0.717, 1.165) is 11.1 Å². The molecule has 4 aromatic rings. The molecule has 166 valence electrons. The lowest BCUT2D eigenvalue weighted by molar-refractivity contribution is 0.0610. The van der Waals surface area contributed by atoms with Gasteiger partial charge >= 0.3 is 0 Å². The number of rotatable bonds is 8. The highest BCUT2D eigenvalue weighted by Crippen LogP contribution is 2.24. The highest BCUT2D eigenvalue weighted by molar-refractivity contribution is 6.05. The third-order valence-electron chi connectivity index (χ3n) is 5.17.